The summed E-state index contributed by atoms with van der Waals surface area (Å²) >= 11 is 0. The van der Waals surface area contributed by atoms with Gasteiger partial charge < -0.3 is 10.0 Å². The lowest BCUT2D eigenvalue weighted by atomic mass is 9.99. The fourth-order valence-corrected chi connectivity index (χ4v) is 1.89. The van der Waals surface area contributed by atoms with Crippen LogP contribution in [-0.4, -0.2) is 35.0 Å². The van der Waals surface area contributed by atoms with Gasteiger partial charge in [-0.25, -0.2) is 0 Å². The van der Waals surface area contributed by atoms with Gasteiger partial charge in [0.1, 0.15) is 0 Å². The normalized spacial score (nSPS) is 12.5. The quantitative estimate of drug-likeness (QED) is 0.666. The molecule has 0 aliphatic rings. The van der Waals surface area contributed by atoms with Gasteiger partial charge in [-0.15, -0.1) is 0 Å². The van der Waals surface area contributed by atoms with Crippen LogP contribution in [-0.2, 0) is 9.59 Å². The number of hydrogen-bond donors (Lipinski definition) is 1. The molecule has 0 saturated heterocycles. The minimum Gasteiger partial charge on any atom is -0.481 e. The maximum Gasteiger partial charge on any atom is 0.305 e. The van der Waals surface area contributed by atoms with Crippen molar-refractivity contribution in [3.05, 3.63) is 0 Å². The summed E-state index contributed by atoms with van der Waals surface area (Å²) in [6.45, 7) is 5.99. The summed E-state index contributed by atoms with van der Waals surface area (Å²) in [4.78, 5) is 24.2. The molecular formula is C13H25NO3. The number of carboxylic acids is 1. The maximum absolute atomic E-state index is 11.9. The summed E-state index contributed by atoms with van der Waals surface area (Å²) in [6, 6.07) is -0.207. The zero-order valence-electron chi connectivity index (χ0n) is 11.4. The van der Waals surface area contributed by atoms with Crippen molar-refractivity contribution < 1.29 is 14.7 Å². The van der Waals surface area contributed by atoms with Crippen molar-refractivity contribution in [2.45, 2.75) is 58.9 Å². The zero-order chi connectivity index (χ0) is 13.4. The molecule has 4 nitrogen and oxygen atoms in total. The van der Waals surface area contributed by atoms with Crippen molar-refractivity contribution in [3.63, 3.8) is 0 Å². The van der Waals surface area contributed by atoms with E-state index in [4.69, 9.17) is 5.11 Å². The Hall–Kier alpha value is -1.06. The Morgan fingerprint density at radius 1 is 1.24 bits per heavy atom. The highest BCUT2D eigenvalue weighted by atomic mass is 16.4. The van der Waals surface area contributed by atoms with E-state index in [0.29, 0.717) is 6.42 Å². The first-order chi connectivity index (χ1) is 7.90. The molecule has 0 fully saturated rings. The van der Waals surface area contributed by atoms with Gasteiger partial charge in [0, 0.05) is 19.5 Å². The summed E-state index contributed by atoms with van der Waals surface area (Å²) in [5, 5.41) is 8.84. The van der Waals surface area contributed by atoms with Gasteiger partial charge in [-0.05, 0) is 12.3 Å². The minimum absolute atomic E-state index is 0.0215. The van der Waals surface area contributed by atoms with Crippen molar-refractivity contribution in [2.75, 3.05) is 7.05 Å². The third-order valence-corrected chi connectivity index (χ3v) is 3.04. The van der Waals surface area contributed by atoms with Gasteiger partial charge in [0.05, 0.1) is 6.42 Å². The third-order valence-electron chi connectivity index (χ3n) is 3.04. The lowest BCUT2D eigenvalue weighted by Crippen LogP contribution is -2.41. The number of carbonyl (C=O) groups excluding carboxylic acids is 1. The molecule has 1 atom stereocenters. The topological polar surface area (TPSA) is 57.6 Å². The predicted molar refractivity (Wildman–Crippen MR) is 67.8 cm³/mol. The minimum atomic E-state index is -0.850. The van der Waals surface area contributed by atoms with Crippen molar-refractivity contribution in [1.82, 2.24) is 4.90 Å². The number of aliphatic carboxylic acids is 1. The number of hydrogen-bond acceptors (Lipinski definition) is 2. The Morgan fingerprint density at radius 3 is 2.24 bits per heavy atom. The predicted octanol–water partition coefficient (Wildman–Crippen LogP) is 2.52. The number of nitrogens with zero attached hydrogens (tertiary/aromatic N) is 1. The van der Waals surface area contributed by atoms with E-state index in [-0.39, 0.29) is 24.3 Å². The van der Waals surface area contributed by atoms with Gasteiger partial charge in [0.25, 0.3) is 0 Å². The van der Waals surface area contributed by atoms with Gasteiger partial charge in [-0.2, -0.15) is 0 Å². The molecule has 17 heavy (non-hydrogen) atoms. The molecule has 0 aromatic heterocycles. The Morgan fingerprint density at radius 2 is 1.82 bits per heavy atom. The molecule has 0 aromatic carbocycles. The molecule has 0 aliphatic heterocycles. The highest BCUT2D eigenvalue weighted by Crippen LogP contribution is 2.15. The number of rotatable bonds is 8. The number of carboxylic acid groups (broad SMARTS) is 1. The molecule has 1 unspecified atom stereocenters. The standard InChI is InChI=1S/C13H25NO3/c1-5-6-7-8-12(15)14(4)11(10(2)3)9-13(16)17/h10-11H,5-9H2,1-4H3,(H,16,17). The Bertz CT molecular complexity index is 251. The SMILES string of the molecule is CCCCCC(=O)N(C)C(CC(=O)O)C(C)C. The van der Waals surface area contributed by atoms with Crippen LogP contribution in [0.4, 0.5) is 0 Å². The summed E-state index contributed by atoms with van der Waals surface area (Å²) in [5.41, 5.74) is 0. The van der Waals surface area contributed by atoms with E-state index in [1.54, 1.807) is 11.9 Å². The second-order valence-electron chi connectivity index (χ2n) is 4.87. The first kappa shape index (κ1) is 15.9. The zero-order valence-corrected chi connectivity index (χ0v) is 11.4. The van der Waals surface area contributed by atoms with Crippen molar-refractivity contribution in [1.29, 1.82) is 0 Å². The molecule has 0 bridgehead atoms. The Kier molecular flexibility index (Phi) is 7.59. The average Bonchev–Trinajstić information content (AvgIpc) is 2.24. The van der Waals surface area contributed by atoms with Crippen LogP contribution in [0.5, 0.6) is 0 Å². The van der Waals surface area contributed by atoms with E-state index >= 15 is 0 Å². The monoisotopic (exact) mass is 243 g/mol. The van der Waals surface area contributed by atoms with E-state index in [0.717, 1.165) is 19.3 Å². The molecular weight excluding hydrogens is 218 g/mol. The summed E-state index contributed by atoms with van der Waals surface area (Å²) in [6.07, 6.45) is 3.56. The average molecular weight is 243 g/mol. The summed E-state index contributed by atoms with van der Waals surface area (Å²) < 4.78 is 0. The number of amides is 1. The molecule has 0 radical (unpaired) electrons. The van der Waals surface area contributed by atoms with Gasteiger partial charge in [0.15, 0.2) is 0 Å². The molecule has 1 N–H and O–H groups in total. The molecule has 0 aromatic rings. The van der Waals surface area contributed by atoms with E-state index in [1.807, 2.05) is 13.8 Å². The second-order valence-corrected chi connectivity index (χ2v) is 4.87. The molecule has 100 valence electrons. The number of unbranched alkanes of at least 4 members (excludes halogenated alkanes) is 2. The van der Waals surface area contributed by atoms with Crippen molar-refractivity contribution in [2.24, 2.45) is 5.92 Å². The van der Waals surface area contributed by atoms with Crippen LogP contribution >= 0.6 is 0 Å². The summed E-state index contributed by atoms with van der Waals surface area (Å²) in [7, 11) is 1.71. The van der Waals surface area contributed by atoms with E-state index in [1.165, 1.54) is 0 Å². The Balaban J connectivity index is 4.34. The molecule has 0 rings (SSSR count). The molecule has 4 heteroatoms. The van der Waals surface area contributed by atoms with E-state index in [9.17, 15) is 9.59 Å². The van der Waals surface area contributed by atoms with Crippen LogP contribution in [0.2, 0.25) is 0 Å². The van der Waals surface area contributed by atoms with Crippen molar-refractivity contribution in [3.8, 4) is 0 Å². The van der Waals surface area contributed by atoms with Crippen LogP contribution in [0.25, 0.3) is 0 Å². The number of carbonyl (C=O) groups is 2. The van der Waals surface area contributed by atoms with Crippen molar-refractivity contribution >= 4 is 11.9 Å². The molecule has 0 saturated carbocycles. The molecule has 0 heterocycles. The highest BCUT2D eigenvalue weighted by molar-refractivity contribution is 5.77. The molecule has 0 aliphatic carbocycles. The van der Waals surface area contributed by atoms with E-state index < -0.39 is 5.97 Å². The van der Waals surface area contributed by atoms with Gasteiger partial charge in [-0.1, -0.05) is 33.6 Å². The van der Waals surface area contributed by atoms with Crippen LogP contribution in [0.3, 0.4) is 0 Å². The lowest BCUT2D eigenvalue weighted by molar-refractivity contribution is -0.141. The van der Waals surface area contributed by atoms with E-state index in [2.05, 4.69) is 6.92 Å². The second kappa shape index (κ2) is 8.09. The van der Waals surface area contributed by atoms with Crippen LogP contribution in [0.15, 0.2) is 0 Å². The highest BCUT2D eigenvalue weighted by Gasteiger charge is 2.24. The first-order valence-electron chi connectivity index (χ1n) is 6.37. The Labute approximate surface area is 104 Å². The van der Waals surface area contributed by atoms with Gasteiger partial charge >= 0.3 is 5.97 Å². The smallest absolute Gasteiger partial charge is 0.305 e. The van der Waals surface area contributed by atoms with Gasteiger partial charge in [-0.3, -0.25) is 9.59 Å². The fourth-order valence-electron chi connectivity index (χ4n) is 1.89. The van der Waals surface area contributed by atoms with Crippen LogP contribution in [0, 0.1) is 5.92 Å². The van der Waals surface area contributed by atoms with Gasteiger partial charge in [0.2, 0.25) is 5.91 Å². The summed E-state index contributed by atoms with van der Waals surface area (Å²) in [5.74, 6) is -0.637. The first-order valence-corrected chi connectivity index (χ1v) is 6.37. The van der Waals surface area contributed by atoms with Crippen LogP contribution < -0.4 is 0 Å². The maximum atomic E-state index is 11.9. The third kappa shape index (κ3) is 6.29. The fraction of sp³-hybridized carbons (Fsp3) is 0.846. The lowest BCUT2D eigenvalue weighted by Gasteiger charge is -2.30. The molecule has 0 spiro atoms. The molecule has 1 amide bonds. The largest absolute Gasteiger partial charge is 0.481 e. The van der Waals surface area contributed by atoms with Crippen LogP contribution in [0.1, 0.15) is 52.9 Å².